The summed E-state index contributed by atoms with van der Waals surface area (Å²) in [5.74, 6) is -1.06. The van der Waals surface area contributed by atoms with Gasteiger partial charge in [-0.1, -0.05) is 41.4 Å². The van der Waals surface area contributed by atoms with Gasteiger partial charge in [0.25, 0.3) is 0 Å². The van der Waals surface area contributed by atoms with Gasteiger partial charge in [-0.2, -0.15) is 13.2 Å². The zero-order valence-corrected chi connectivity index (χ0v) is 15.1. The lowest BCUT2D eigenvalue weighted by Gasteiger charge is -2.05. The van der Waals surface area contributed by atoms with Gasteiger partial charge in [0.2, 0.25) is 5.82 Å². The molecule has 0 aliphatic heterocycles. The van der Waals surface area contributed by atoms with Crippen LogP contribution in [0.25, 0.3) is 22.5 Å². The van der Waals surface area contributed by atoms with Gasteiger partial charge in [-0.05, 0) is 30.5 Å². The number of rotatable bonds is 3. The normalized spacial score (nSPS) is 11.8. The van der Waals surface area contributed by atoms with Crippen LogP contribution in [0.2, 0.25) is 10.0 Å². The Hall–Kier alpha value is -1.63. The average Bonchev–Trinajstić information content (AvgIpc) is 3.03. The van der Waals surface area contributed by atoms with Crippen molar-refractivity contribution in [3.63, 3.8) is 0 Å². The molecule has 0 radical (unpaired) electrons. The van der Waals surface area contributed by atoms with Crippen LogP contribution >= 0.6 is 35.0 Å². The summed E-state index contributed by atoms with van der Waals surface area (Å²) in [6.45, 7) is 0. The first kappa shape index (κ1) is 18.2. The van der Waals surface area contributed by atoms with Crippen molar-refractivity contribution in [3.05, 3.63) is 58.3 Å². The van der Waals surface area contributed by atoms with Crippen molar-refractivity contribution in [2.24, 2.45) is 0 Å². The van der Waals surface area contributed by atoms with Crippen molar-refractivity contribution >= 4 is 35.0 Å². The van der Waals surface area contributed by atoms with Crippen LogP contribution in [0, 0.1) is 0 Å². The summed E-state index contributed by atoms with van der Waals surface area (Å²) in [6, 6.07) is 11.8. The van der Waals surface area contributed by atoms with Gasteiger partial charge in [-0.3, -0.25) is 0 Å². The van der Waals surface area contributed by atoms with Crippen molar-refractivity contribution in [1.82, 2.24) is 9.97 Å². The van der Waals surface area contributed by atoms with Crippen LogP contribution in [-0.2, 0) is 6.18 Å². The molecule has 0 fully saturated rings. The molecule has 0 spiro atoms. The van der Waals surface area contributed by atoms with Crippen LogP contribution in [0.3, 0.4) is 0 Å². The summed E-state index contributed by atoms with van der Waals surface area (Å²) in [5.41, 5.74) is 1.49. The second-order valence-corrected chi connectivity index (χ2v) is 6.86. The minimum Gasteiger partial charge on any atom is -0.334 e. The number of nitrogens with one attached hydrogen (secondary N) is 1. The van der Waals surface area contributed by atoms with E-state index in [1.807, 2.05) is 18.4 Å². The zero-order chi connectivity index (χ0) is 18.2. The minimum atomic E-state index is -4.58. The smallest absolute Gasteiger partial charge is 0.334 e. The lowest BCUT2D eigenvalue weighted by atomic mass is 10.1. The van der Waals surface area contributed by atoms with E-state index in [4.69, 9.17) is 23.2 Å². The van der Waals surface area contributed by atoms with Gasteiger partial charge in [-0.25, -0.2) is 4.98 Å². The fourth-order valence-electron chi connectivity index (χ4n) is 2.33. The number of imidazole rings is 1. The number of nitrogens with zero attached hydrogens (tertiary/aromatic N) is 1. The Bertz CT molecular complexity index is 905. The predicted molar refractivity (Wildman–Crippen MR) is 96.3 cm³/mol. The summed E-state index contributed by atoms with van der Waals surface area (Å²) in [4.78, 5) is 7.15. The molecule has 0 aliphatic rings. The SMILES string of the molecule is CSc1ccc(-c2[nH]c(C(F)(F)F)nc2-c2ccc(Cl)c(Cl)c2)cc1. The molecule has 1 heterocycles. The van der Waals surface area contributed by atoms with E-state index in [1.54, 1.807) is 30.0 Å². The number of aromatic nitrogens is 2. The van der Waals surface area contributed by atoms with Crippen molar-refractivity contribution in [3.8, 4) is 22.5 Å². The third kappa shape index (κ3) is 3.81. The van der Waals surface area contributed by atoms with Gasteiger partial charge < -0.3 is 4.98 Å². The third-order valence-electron chi connectivity index (χ3n) is 3.54. The second kappa shape index (κ2) is 6.94. The molecule has 1 aromatic heterocycles. The highest BCUT2D eigenvalue weighted by atomic mass is 35.5. The van der Waals surface area contributed by atoms with E-state index < -0.39 is 12.0 Å². The first-order valence-electron chi connectivity index (χ1n) is 7.06. The molecule has 130 valence electrons. The Labute approximate surface area is 156 Å². The van der Waals surface area contributed by atoms with Crippen LogP contribution in [0.4, 0.5) is 13.2 Å². The van der Waals surface area contributed by atoms with E-state index in [2.05, 4.69) is 9.97 Å². The fraction of sp³-hybridized carbons (Fsp3) is 0.118. The van der Waals surface area contributed by atoms with E-state index >= 15 is 0 Å². The molecule has 0 aliphatic carbocycles. The Balaban J connectivity index is 2.18. The van der Waals surface area contributed by atoms with E-state index in [0.29, 0.717) is 16.1 Å². The molecule has 1 N–H and O–H groups in total. The van der Waals surface area contributed by atoms with Crippen molar-refractivity contribution in [1.29, 1.82) is 0 Å². The Morgan fingerprint density at radius 2 is 1.60 bits per heavy atom. The standard InChI is InChI=1S/C17H11Cl2F3N2S/c1-25-11-5-2-9(3-6-11)14-15(24-16(23-14)17(20,21)22)10-4-7-12(18)13(19)8-10/h2-8H,1H3,(H,23,24). The summed E-state index contributed by atoms with van der Waals surface area (Å²) < 4.78 is 39.4. The van der Waals surface area contributed by atoms with Gasteiger partial charge in [-0.15, -0.1) is 11.8 Å². The summed E-state index contributed by atoms with van der Waals surface area (Å²) >= 11 is 13.4. The molecule has 25 heavy (non-hydrogen) atoms. The number of aromatic amines is 1. The van der Waals surface area contributed by atoms with Gasteiger partial charge in [0.05, 0.1) is 21.4 Å². The minimum absolute atomic E-state index is 0.169. The molecule has 2 nitrogen and oxygen atoms in total. The van der Waals surface area contributed by atoms with Crippen LogP contribution < -0.4 is 0 Å². The molecular formula is C17H11Cl2F3N2S. The Morgan fingerprint density at radius 1 is 0.960 bits per heavy atom. The first-order chi connectivity index (χ1) is 11.8. The van der Waals surface area contributed by atoms with E-state index in [1.165, 1.54) is 12.1 Å². The van der Waals surface area contributed by atoms with Gasteiger partial charge >= 0.3 is 6.18 Å². The molecule has 2 aromatic carbocycles. The molecule has 0 bridgehead atoms. The van der Waals surface area contributed by atoms with E-state index in [0.717, 1.165) is 4.90 Å². The second-order valence-electron chi connectivity index (χ2n) is 5.16. The average molecular weight is 403 g/mol. The molecule has 8 heteroatoms. The maximum Gasteiger partial charge on any atom is 0.449 e. The molecule has 0 saturated heterocycles. The Kier molecular flexibility index (Phi) is 5.04. The molecule has 0 amide bonds. The molecule has 3 rings (SSSR count). The highest BCUT2D eigenvalue weighted by Gasteiger charge is 2.36. The van der Waals surface area contributed by atoms with Crippen LogP contribution in [0.15, 0.2) is 47.4 Å². The highest BCUT2D eigenvalue weighted by molar-refractivity contribution is 7.98. The lowest BCUT2D eigenvalue weighted by Crippen LogP contribution is -2.07. The number of benzene rings is 2. The molecular weight excluding hydrogens is 392 g/mol. The quantitative estimate of drug-likeness (QED) is 0.488. The maximum absolute atomic E-state index is 13.1. The largest absolute Gasteiger partial charge is 0.449 e. The van der Waals surface area contributed by atoms with E-state index in [9.17, 15) is 13.2 Å². The number of halogens is 5. The summed E-state index contributed by atoms with van der Waals surface area (Å²) in [5, 5.41) is 0.572. The van der Waals surface area contributed by atoms with Crippen LogP contribution in [0.5, 0.6) is 0 Å². The zero-order valence-electron chi connectivity index (χ0n) is 12.8. The number of H-pyrrole nitrogens is 1. The van der Waals surface area contributed by atoms with Crippen LogP contribution in [-0.4, -0.2) is 16.2 Å². The molecule has 3 aromatic rings. The fourth-order valence-corrected chi connectivity index (χ4v) is 3.03. The highest BCUT2D eigenvalue weighted by Crippen LogP contribution is 2.37. The number of thioether (sulfide) groups is 1. The number of alkyl halides is 3. The van der Waals surface area contributed by atoms with Crippen molar-refractivity contribution in [2.45, 2.75) is 11.1 Å². The van der Waals surface area contributed by atoms with Crippen molar-refractivity contribution < 1.29 is 13.2 Å². The third-order valence-corrected chi connectivity index (χ3v) is 5.03. The first-order valence-corrected chi connectivity index (χ1v) is 9.04. The van der Waals surface area contributed by atoms with Crippen molar-refractivity contribution in [2.75, 3.05) is 6.26 Å². The number of hydrogen-bond donors (Lipinski definition) is 1. The monoisotopic (exact) mass is 402 g/mol. The molecule has 0 saturated carbocycles. The lowest BCUT2D eigenvalue weighted by molar-refractivity contribution is -0.144. The van der Waals surface area contributed by atoms with E-state index in [-0.39, 0.29) is 16.4 Å². The number of hydrogen-bond acceptors (Lipinski definition) is 2. The molecule has 0 unspecified atom stereocenters. The topological polar surface area (TPSA) is 28.7 Å². The summed E-state index contributed by atoms with van der Waals surface area (Å²) in [7, 11) is 0. The predicted octanol–water partition coefficient (Wildman–Crippen LogP) is 6.79. The van der Waals surface area contributed by atoms with Gasteiger partial charge in [0.1, 0.15) is 0 Å². The maximum atomic E-state index is 13.1. The van der Waals surface area contributed by atoms with Gasteiger partial charge in [0, 0.05) is 16.0 Å². The van der Waals surface area contributed by atoms with Crippen LogP contribution in [0.1, 0.15) is 5.82 Å². The van der Waals surface area contributed by atoms with Gasteiger partial charge in [0.15, 0.2) is 0 Å². The molecule has 0 atom stereocenters. The summed E-state index contributed by atoms with van der Waals surface area (Å²) in [6.07, 6.45) is -2.66. The Morgan fingerprint density at radius 3 is 2.16 bits per heavy atom.